The lowest BCUT2D eigenvalue weighted by atomic mass is 9.94. The van der Waals surface area contributed by atoms with Gasteiger partial charge in [-0.1, -0.05) is 74.6 Å². The van der Waals surface area contributed by atoms with Gasteiger partial charge in [0.25, 0.3) is 0 Å². The van der Waals surface area contributed by atoms with Crippen LogP contribution >= 0.6 is 12.2 Å². The maximum absolute atomic E-state index is 5.90. The second kappa shape index (κ2) is 10.7. The molecule has 1 saturated carbocycles. The summed E-state index contributed by atoms with van der Waals surface area (Å²) in [7, 11) is 0. The number of hydrogen-bond donors (Lipinski definition) is 1. The monoisotopic (exact) mass is 370 g/mol. The van der Waals surface area contributed by atoms with Gasteiger partial charge in [-0.25, -0.2) is 0 Å². The van der Waals surface area contributed by atoms with Crippen molar-refractivity contribution in [2.75, 3.05) is 6.54 Å². The summed E-state index contributed by atoms with van der Waals surface area (Å²) in [6.07, 6.45) is 17.8. The summed E-state index contributed by atoms with van der Waals surface area (Å²) in [5.74, 6) is 0.723. The van der Waals surface area contributed by atoms with Gasteiger partial charge in [-0.15, -0.1) is 0 Å². The average Bonchev–Trinajstić information content (AvgIpc) is 2.65. The summed E-state index contributed by atoms with van der Waals surface area (Å²) < 4.78 is 0. The van der Waals surface area contributed by atoms with E-state index in [1.54, 1.807) is 0 Å². The van der Waals surface area contributed by atoms with Crippen LogP contribution in [0.5, 0.6) is 0 Å². The molecule has 0 saturated heterocycles. The highest BCUT2D eigenvalue weighted by Crippen LogP contribution is 2.22. The van der Waals surface area contributed by atoms with Gasteiger partial charge in [-0.05, 0) is 55.8 Å². The van der Waals surface area contributed by atoms with E-state index in [-0.39, 0.29) is 0 Å². The Morgan fingerprint density at radius 1 is 0.962 bits per heavy atom. The smallest absolute Gasteiger partial charge is 0.169 e. The van der Waals surface area contributed by atoms with Crippen LogP contribution in [0, 0.1) is 5.92 Å². The average molecular weight is 371 g/mol. The van der Waals surface area contributed by atoms with Crippen LogP contribution in [-0.2, 0) is 6.54 Å². The number of allylic oxidation sites excluding steroid dienone is 2. The fourth-order valence-electron chi connectivity index (χ4n) is 4.22. The quantitative estimate of drug-likeness (QED) is 0.518. The van der Waals surface area contributed by atoms with Crippen LogP contribution in [0.15, 0.2) is 42.5 Å². The van der Waals surface area contributed by atoms with E-state index >= 15 is 0 Å². The molecule has 2 nitrogen and oxygen atoms in total. The maximum atomic E-state index is 5.90. The van der Waals surface area contributed by atoms with Gasteiger partial charge >= 0.3 is 0 Å². The van der Waals surface area contributed by atoms with Crippen molar-refractivity contribution in [3.05, 3.63) is 48.0 Å². The molecule has 0 bridgehead atoms. The van der Waals surface area contributed by atoms with Crippen molar-refractivity contribution < 1.29 is 0 Å². The first kappa shape index (κ1) is 19.4. The number of thiocarbonyl (C=S) groups is 1. The molecule has 3 rings (SSSR count). The van der Waals surface area contributed by atoms with E-state index in [1.165, 1.54) is 69.8 Å². The molecule has 1 N–H and O–H groups in total. The molecule has 1 atom stereocenters. The molecule has 26 heavy (non-hydrogen) atoms. The normalized spacial score (nSPS) is 21.6. The van der Waals surface area contributed by atoms with E-state index in [9.17, 15) is 0 Å². The third-order valence-electron chi connectivity index (χ3n) is 5.79. The zero-order chi connectivity index (χ0) is 18.0. The Kier molecular flexibility index (Phi) is 8.00. The van der Waals surface area contributed by atoms with Crippen molar-refractivity contribution in [3.63, 3.8) is 0 Å². The van der Waals surface area contributed by atoms with Crippen molar-refractivity contribution in [1.29, 1.82) is 0 Å². The minimum atomic E-state index is 0.562. The predicted molar refractivity (Wildman–Crippen MR) is 115 cm³/mol. The van der Waals surface area contributed by atoms with Crippen LogP contribution in [0.25, 0.3) is 0 Å². The number of hydrogen-bond acceptors (Lipinski definition) is 1. The molecule has 0 spiro atoms. The Balaban J connectivity index is 1.62. The summed E-state index contributed by atoms with van der Waals surface area (Å²) in [4.78, 5) is 2.42. The minimum absolute atomic E-state index is 0.562. The SMILES string of the molecule is S=C(NC1CCCCCCC1)N(Cc1ccccc1)CC1CC=CCC1. The first-order chi connectivity index (χ1) is 12.8. The molecule has 142 valence electrons. The van der Waals surface area contributed by atoms with Crippen LogP contribution in [0.1, 0.15) is 69.8 Å². The number of nitrogens with zero attached hydrogens (tertiary/aromatic N) is 1. The summed E-state index contributed by atoms with van der Waals surface area (Å²) >= 11 is 5.90. The predicted octanol–water partition coefficient (Wildman–Crippen LogP) is 5.83. The van der Waals surface area contributed by atoms with Crippen LogP contribution in [-0.4, -0.2) is 22.6 Å². The molecular weight excluding hydrogens is 336 g/mol. The molecule has 2 aliphatic rings. The Morgan fingerprint density at radius 3 is 2.38 bits per heavy atom. The Labute approximate surface area is 165 Å². The van der Waals surface area contributed by atoms with E-state index in [4.69, 9.17) is 12.2 Å². The molecule has 2 aliphatic carbocycles. The van der Waals surface area contributed by atoms with E-state index in [2.05, 4.69) is 52.7 Å². The molecule has 0 aliphatic heterocycles. The van der Waals surface area contributed by atoms with Crippen molar-refractivity contribution in [2.24, 2.45) is 5.92 Å². The van der Waals surface area contributed by atoms with E-state index in [1.807, 2.05) is 0 Å². The molecule has 0 aromatic heterocycles. The van der Waals surface area contributed by atoms with E-state index < -0.39 is 0 Å². The third kappa shape index (κ3) is 6.42. The van der Waals surface area contributed by atoms with Gasteiger partial charge in [0.2, 0.25) is 0 Å². The summed E-state index contributed by atoms with van der Waals surface area (Å²) in [6.45, 7) is 1.98. The standard InChI is InChI=1S/C23H34N2S/c26-23(24-22-16-10-2-1-3-11-17-22)25(18-20-12-6-4-7-13-20)19-21-14-8-5-9-15-21/h4-8,12-13,21-22H,1-3,9-11,14-19H2,(H,24,26). The lowest BCUT2D eigenvalue weighted by molar-refractivity contribution is 0.305. The molecule has 0 radical (unpaired) electrons. The summed E-state index contributed by atoms with van der Waals surface area (Å²) in [5, 5.41) is 4.70. The van der Waals surface area contributed by atoms with Gasteiger partial charge in [0, 0.05) is 19.1 Å². The van der Waals surface area contributed by atoms with Gasteiger partial charge in [0.1, 0.15) is 0 Å². The van der Waals surface area contributed by atoms with Gasteiger partial charge in [0.05, 0.1) is 0 Å². The van der Waals surface area contributed by atoms with Crippen molar-refractivity contribution in [1.82, 2.24) is 10.2 Å². The van der Waals surface area contributed by atoms with Crippen LogP contribution in [0.2, 0.25) is 0 Å². The maximum Gasteiger partial charge on any atom is 0.169 e. The van der Waals surface area contributed by atoms with E-state index in [0.29, 0.717) is 6.04 Å². The van der Waals surface area contributed by atoms with E-state index in [0.717, 1.165) is 24.1 Å². The Morgan fingerprint density at radius 2 is 1.69 bits per heavy atom. The lowest BCUT2D eigenvalue weighted by Gasteiger charge is -2.33. The zero-order valence-corrected chi connectivity index (χ0v) is 16.9. The van der Waals surface area contributed by atoms with Gasteiger partial charge < -0.3 is 10.2 Å². The highest BCUT2D eigenvalue weighted by molar-refractivity contribution is 7.80. The summed E-state index contributed by atoms with van der Waals surface area (Å²) in [5.41, 5.74) is 1.35. The fourth-order valence-corrected chi connectivity index (χ4v) is 4.53. The largest absolute Gasteiger partial charge is 0.360 e. The van der Waals surface area contributed by atoms with Gasteiger partial charge in [-0.2, -0.15) is 0 Å². The van der Waals surface area contributed by atoms with Crippen molar-refractivity contribution in [2.45, 2.75) is 76.8 Å². The molecule has 0 amide bonds. The number of rotatable bonds is 5. The highest BCUT2D eigenvalue weighted by atomic mass is 32.1. The molecule has 1 aromatic rings. The molecule has 1 unspecified atom stereocenters. The second-order valence-electron chi connectivity index (χ2n) is 8.01. The zero-order valence-electron chi connectivity index (χ0n) is 16.0. The third-order valence-corrected chi connectivity index (χ3v) is 6.17. The lowest BCUT2D eigenvalue weighted by Crippen LogP contribution is -2.46. The second-order valence-corrected chi connectivity index (χ2v) is 8.39. The highest BCUT2D eigenvalue weighted by Gasteiger charge is 2.20. The molecule has 1 fully saturated rings. The van der Waals surface area contributed by atoms with Crippen LogP contribution < -0.4 is 5.32 Å². The molecule has 0 heterocycles. The van der Waals surface area contributed by atoms with Gasteiger partial charge in [-0.3, -0.25) is 0 Å². The van der Waals surface area contributed by atoms with Crippen molar-refractivity contribution >= 4 is 17.3 Å². The Hall–Kier alpha value is -1.35. The van der Waals surface area contributed by atoms with Crippen molar-refractivity contribution in [3.8, 4) is 0 Å². The first-order valence-corrected chi connectivity index (χ1v) is 11.0. The molecule has 1 aromatic carbocycles. The first-order valence-electron chi connectivity index (χ1n) is 10.6. The topological polar surface area (TPSA) is 15.3 Å². The molecule has 3 heteroatoms. The van der Waals surface area contributed by atoms with Gasteiger partial charge in [0.15, 0.2) is 5.11 Å². The number of nitrogens with one attached hydrogen (secondary N) is 1. The summed E-state index contributed by atoms with van der Waals surface area (Å²) in [6, 6.07) is 11.3. The van der Waals surface area contributed by atoms with Crippen LogP contribution in [0.3, 0.4) is 0 Å². The minimum Gasteiger partial charge on any atom is -0.360 e. The van der Waals surface area contributed by atoms with Crippen LogP contribution in [0.4, 0.5) is 0 Å². The molecular formula is C23H34N2S. The Bertz CT molecular complexity index is 561. The fraction of sp³-hybridized carbons (Fsp3) is 0.609. The number of benzene rings is 1.